The molecule has 0 radical (unpaired) electrons. The molecule has 1 saturated heterocycles. The third-order valence-corrected chi connectivity index (χ3v) is 3.64. The third-order valence-electron chi connectivity index (χ3n) is 3.64. The van der Waals surface area contributed by atoms with Gasteiger partial charge in [-0.15, -0.1) is 0 Å². The van der Waals surface area contributed by atoms with Crippen molar-refractivity contribution >= 4 is 11.4 Å². The number of nitrogens with one attached hydrogen (secondary N) is 1. The number of nitrogens with zero attached hydrogens (tertiary/aromatic N) is 1. The second-order valence-corrected chi connectivity index (χ2v) is 5.70. The monoisotopic (exact) mass is 246 g/mol. The molecular formula is C16H26N2. The van der Waals surface area contributed by atoms with Crippen LogP contribution in [-0.4, -0.2) is 19.6 Å². The summed E-state index contributed by atoms with van der Waals surface area (Å²) >= 11 is 0. The van der Waals surface area contributed by atoms with Crippen molar-refractivity contribution < 1.29 is 0 Å². The first-order valence-electron chi connectivity index (χ1n) is 7.34. The fourth-order valence-corrected chi connectivity index (χ4v) is 2.45. The number of anilines is 2. The molecule has 1 aromatic carbocycles. The Morgan fingerprint density at radius 3 is 2.33 bits per heavy atom. The van der Waals surface area contributed by atoms with Crippen LogP contribution in [-0.2, 0) is 0 Å². The maximum atomic E-state index is 3.49. The number of hydrogen-bond acceptors (Lipinski definition) is 2. The lowest BCUT2D eigenvalue weighted by atomic mass is 10.1. The van der Waals surface area contributed by atoms with Crippen molar-refractivity contribution in [3.8, 4) is 0 Å². The molecule has 1 aliphatic heterocycles. The number of hydrogen-bond donors (Lipinski definition) is 1. The van der Waals surface area contributed by atoms with Gasteiger partial charge in [0.1, 0.15) is 0 Å². The van der Waals surface area contributed by atoms with E-state index in [9.17, 15) is 0 Å². The molecule has 2 nitrogen and oxygen atoms in total. The van der Waals surface area contributed by atoms with Crippen LogP contribution in [0.25, 0.3) is 0 Å². The second kappa shape index (κ2) is 6.67. The van der Waals surface area contributed by atoms with Gasteiger partial charge in [-0.05, 0) is 55.9 Å². The SMILES string of the molecule is CC(C)CCNc1ccc(N2CCCCC2)cc1. The molecule has 1 heterocycles. The summed E-state index contributed by atoms with van der Waals surface area (Å²) in [7, 11) is 0. The minimum Gasteiger partial charge on any atom is -0.385 e. The van der Waals surface area contributed by atoms with E-state index in [-0.39, 0.29) is 0 Å². The smallest absolute Gasteiger partial charge is 0.0367 e. The standard InChI is InChI=1S/C16H26N2/c1-14(2)10-11-17-15-6-8-16(9-7-15)18-12-4-3-5-13-18/h6-9,14,17H,3-5,10-13H2,1-2H3. The van der Waals surface area contributed by atoms with E-state index in [1.165, 1.54) is 50.1 Å². The lowest BCUT2D eigenvalue weighted by Crippen LogP contribution is -2.29. The zero-order chi connectivity index (χ0) is 12.8. The fourth-order valence-electron chi connectivity index (χ4n) is 2.45. The normalized spacial score (nSPS) is 16.1. The Labute approximate surface area is 111 Å². The molecular weight excluding hydrogens is 220 g/mol. The van der Waals surface area contributed by atoms with Crippen molar-refractivity contribution in [3.05, 3.63) is 24.3 Å². The molecule has 0 unspecified atom stereocenters. The lowest BCUT2D eigenvalue weighted by molar-refractivity contribution is 0.578. The van der Waals surface area contributed by atoms with Gasteiger partial charge in [-0.1, -0.05) is 13.8 Å². The molecule has 0 aliphatic carbocycles. The maximum Gasteiger partial charge on any atom is 0.0367 e. The van der Waals surface area contributed by atoms with Crippen LogP contribution in [0.15, 0.2) is 24.3 Å². The van der Waals surface area contributed by atoms with Crippen molar-refractivity contribution in [3.63, 3.8) is 0 Å². The highest BCUT2D eigenvalue weighted by molar-refractivity contribution is 5.55. The highest BCUT2D eigenvalue weighted by atomic mass is 15.1. The Morgan fingerprint density at radius 2 is 1.72 bits per heavy atom. The van der Waals surface area contributed by atoms with Crippen LogP contribution in [0, 0.1) is 5.92 Å². The van der Waals surface area contributed by atoms with Gasteiger partial charge in [0, 0.05) is 31.0 Å². The third kappa shape index (κ3) is 3.94. The Hall–Kier alpha value is -1.18. The van der Waals surface area contributed by atoms with Gasteiger partial charge in [-0.2, -0.15) is 0 Å². The predicted molar refractivity (Wildman–Crippen MR) is 80.5 cm³/mol. The molecule has 0 aromatic heterocycles. The van der Waals surface area contributed by atoms with E-state index in [1.54, 1.807) is 0 Å². The van der Waals surface area contributed by atoms with Gasteiger partial charge in [-0.25, -0.2) is 0 Å². The Morgan fingerprint density at radius 1 is 1.06 bits per heavy atom. The van der Waals surface area contributed by atoms with E-state index in [1.807, 2.05) is 0 Å². The summed E-state index contributed by atoms with van der Waals surface area (Å²) in [6.45, 7) is 8.04. The van der Waals surface area contributed by atoms with E-state index in [0.29, 0.717) is 0 Å². The second-order valence-electron chi connectivity index (χ2n) is 5.70. The summed E-state index contributed by atoms with van der Waals surface area (Å²) in [4.78, 5) is 2.50. The van der Waals surface area contributed by atoms with Crippen molar-refractivity contribution in [2.24, 2.45) is 5.92 Å². The summed E-state index contributed by atoms with van der Waals surface area (Å²) in [5, 5.41) is 3.49. The Balaban J connectivity index is 1.84. The van der Waals surface area contributed by atoms with E-state index in [2.05, 4.69) is 48.3 Å². The number of benzene rings is 1. The average Bonchev–Trinajstić information content (AvgIpc) is 2.40. The first-order chi connectivity index (χ1) is 8.75. The molecule has 2 rings (SSSR count). The van der Waals surface area contributed by atoms with E-state index < -0.39 is 0 Å². The zero-order valence-corrected chi connectivity index (χ0v) is 11.8. The van der Waals surface area contributed by atoms with Gasteiger partial charge in [0.2, 0.25) is 0 Å². The van der Waals surface area contributed by atoms with Crippen molar-refractivity contribution in [2.45, 2.75) is 39.5 Å². The molecule has 1 N–H and O–H groups in total. The van der Waals surface area contributed by atoms with Crippen LogP contribution >= 0.6 is 0 Å². The average molecular weight is 246 g/mol. The minimum atomic E-state index is 0.769. The summed E-state index contributed by atoms with van der Waals surface area (Å²) in [6, 6.07) is 8.93. The molecule has 0 spiro atoms. The first kappa shape index (κ1) is 13.3. The van der Waals surface area contributed by atoms with E-state index >= 15 is 0 Å². The van der Waals surface area contributed by atoms with E-state index in [0.717, 1.165) is 12.5 Å². The van der Waals surface area contributed by atoms with Crippen molar-refractivity contribution in [2.75, 3.05) is 29.9 Å². The van der Waals surface area contributed by atoms with Gasteiger partial charge in [-0.3, -0.25) is 0 Å². The largest absolute Gasteiger partial charge is 0.385 e. The molecule has 0 saturated carbocycles. The maximum absolute atomic E-state index is 3.49. The molecule has 0 bridgehead atoms. The highest BCUT2D eigenvalue weighted by Crippen LogP contribution is 2.21. The predicted octanol–water partition coefficient (Wildman–Crippen LogP) is 4.13. The van der Waals surface area contributed by atoms with Gasteiger partial charge in [0.15, 0.2) is 0 Å². The molecule has 0 amide bonds. The van der Waals surface area contributed by atoms with Gasteiger partial charge in [0.25, 0.3) is 0 Å². The van der Waals surface area contributed by atoms with Gasteiger partial charge >= 0.3 is 0 Å². The van der Waals surface area contributed by atoms with Crippen LogP contribution < -0.4 is 10.2 Å². The van der Waals surface area contributed by atoms with Crippen molar-refractivity contribution in [1.29, 1.82) is 0 Å². The van der Waals surface area contributed by atoms with Crippen LogP contribution in [0.1, 0.15) is 39.5 Å². The van der Waals surface area contributed by atoms with Crippen LogP contribution in [0.2, 0.25) is 0 Å². The van der Waals surface area contributed by atoms with Crippen LogP contribution in [0.4, 0.5) is 11.4 Å². The highest BCUT2D eigenvalue weighted by Gasteiger charge is 2.10. The van der Waals surface area contributed by atoms with E-state index in [4.69, 9.17) is 0 Å². The van der Waals surface area contributed by atoms with Gasteiger partial charge < -0.3 is 10.2 Å². The molecule has 1 fully saturated rings. The van der Waals surface area contributed by atoms with Gasteiger partial charge in [0.05, 0.1) is 0 Å². The lowest BCUT2D eigenvalue weighted by Gasteiger charge is -2.28. The number of rotatable bonds is 5. The summed E-state index contributed by atoms with van der Waals surface area (Å²) in [5.74, 6) is 0.769. The summed E-state index contributed by atoms with van der Waals surface area (Å²) in [5.41, 5.74) is 2.63. The number of piperidine rings is 1. The summed E-state index contributed by atoms with van der Waals surface area (Å²) < 4.78 is 0. The topological polar surface area (TPSA) is 15.3 Å². The Bertz CT molecular complexity index is 337. The molecule has 1 aromatic rings. The van der Waals surface area contributed by atoms with Crippen molar-refractivity contribution in [1.82, 2.24) is 0 Å². The first-order valence-corrected chi connectivity index (χ1v) is 7.34. The quantitative estimate of drug-likeness (QED) is 0.840. The minimum absolute atomic E-state index is 0.769. The summed E-state index contributed by atoms with van der Waals surface area (Å²) in [6.07, 6.45) is 5.31. The molecule has 2 heteroatoms. The molecule has 100 valence electrons. The molecule has 18 heavy (non-hydrogen) atoms. The Kier molecular flexibility index (Phi) is 4.91. The fraction of sp³-hybridized carbons (Fsp3) is 0.625. The zero-order valence-electron chi connectivity index (χ0n) is 11.8. The van der Waals surface area contributed by atoms with Crippen LogP contribution in [0.5, 0.6) is 0 Å². The molecule has 0 atom stereocenters. The molecule has 1 aliphatic rings. The van der Waals surface area contributed by atoms with Crippen LogP contribution in [0.3, 0.4) is 0 Å².